The first-order valence-electron chi connectivity index (χ1n) is 8.43. The van der Waals surface area contributed by atoms with Crippen LogP contribution in [0.5, 0.6) is 5.75 Å². The van der Waals surface area contributed by atoms with Gasteiger partial charge in [0.05, 0.1) is 5.56 Å². The molecule has 1 atom stereocenters. The molecule has 1 aliphatic rings. The summed E-state index contributed by atoms with van der Waals surface area (Å²) >= 11 is 0. The SMILES string of the molecule is O=C(NCCc1ccccn1)C1CCCN1C(=O)c1ccccc1O. The van der Waals surface area contributed by atoms with Crippen LogP contribution in [-0.2, 0) is 11.2 Å². The molecule has 1 unspecified atom stereocenters. The van der Waals surface area contributed by atoms with E-state index in [1.54, 1.807) is 29.3 Å². The summed E-state index contributed by atoms with van der Waals surface area (Å²) < 4.78 is 0. The third kappa shape index (κ3) is 3.96. The van der Waals surface area contributed by atoms with Gasteiger partial charge in [-0.2, -0.15) is 0 Å². The molecule has 0 spiro atoms. The van der Waals surface area contributed by atoms with E-state index in [9.17, 15) is 14.7 Å². The normalized spacial score (nSPS) is 16.6. The van der Waals surface area contributed by atoms with Gasteiger partial charge in [-0.15, -0.1) is 0 Å². The van der Waals surface area contributed by atoms with E-state index in [0.717, 1.165) is 12.1 Å². The predicted molar refractivity (Wildman–Crippen MR) is 93.1 cm³/mol. The first-order valence-corrected chi connectivity index (χ1v) is 8.43. The van der Waals surface area contributed by atoms with Crippen LogP contribution in [0.1, 0.15) is 28.9 Å². The minimum absolute atomic E-state index is 0.0614. The molecule has 6 nitrogen and oxygen atoms in total. The molecule has 2 amide bonds. The summed E-state index contributed by atoms with van der Waals surface area (Å²) in [5.41, 5.74) is 1.15. The second kappa shape index (κ2) is 7.79. The van der Waals surface area contributed by atoms with Crippen molar-refractivity contribution in [1.29, 1.82) is 0 Å². The zero-order chi connectivity index (χ0) is 17.6. The fourth-order valence-corrected chi connectivity index (χ4v) is 3.07. The zero-order valence-electron chi connectivity index (χ0n) is 13.9. The van der Waals surface area contributed by atoms with E-state index >= 15 is 0 Å². The lowest BCUT2D eigenvalue weighted by Crippen LogP contribution is -2.46. The average molecular weight is 339 g/mol. The Morgan fingerprint density at radius 1 is 1.20 bits per heavy atom. The van der Waals surface area contributed by atoms with Gasteiger partial charge in [-0.05, 0) is 37.1 Å². The van der Waals surface area contributed by atoms with Gasteiger partial charge in [0.1, 0.15) is 11.8 Å². The minimum Gasteiger partial charge on any atom is -0.507 e. The molecule has 3 rings (SSSR count). The van der Waals surface area contributed by atoms with Crippen LogP contribution in [0.4, 0.5) is 0 Å². The Morgan fingerprint density at radius 3 is 2.76 bits per heavy atom. The fourth-order valence-electron chi connectivity index (χ4n) is 3.07. The van der Waals surface area contributed by atoms with Crippen molar-refractivity contribution in [2.45, 2.75) is 25.3 Å². The average Bonchev–Trinajstić information content (AvgIpc) is 3.12. The number of aromatic hydroxyl groups is 1. The van der Waals surface area contributed by atoms with E-state index in [0.29, 0.717) is 25.9 Å². The van der Waals surface area contributed by atoms with Gasteiger partial charge in [0.2, 0.25) is 5.91 Å². The minimum atomic E-state index is -0.490. The highest BCUT2D eigenvalue weighted by molar-refractivity contribution is 5.99. The van der Waals surface area contributed by atoms with Crippen LogP contribution in [0.25, 0.3) is 0 Å². The molecule has 0 saturated carbocycles. The van der Waals surface area contributed by atoms with Crippen molar-refractivity contribution in [3.05, 3.63) is 59.9 Å². The van der Waals surface area contributed by atoms with Crippen LogP contribution in [-0.4, -0.2) is 45.9 Å². The van der Waals surface area contributed by atoms with E-state index < -0.39 is 6.04 Å². The van der Waals surface area contributed by atoms with Crippen molar-refractivity contribution < 1.29 is 14.7 Å². The summed E-state index contributed by atoms with van der Waals surface area (Å²) in [5.74, 6) is -0.522. The molecule has 0 aliphatic carbocycles. The van der Waals surface area contributed by atoms with Gasteiger partial charge in [0, 0.05) is 31.4 Å². The molecule has 6 heteroatoms. The maximum absolute atomic E-state index is 12.7. The molecule has 0 bridgehead atoms. The van der Waals surface area contributed by atoms with E-state index in [4.69, 9.17) is 0 Å². The van der Waals surface area contributed by atoms with Gasteiger partial charge in [-0.1, -0.05) is 18.2 Å². The number of rotatable bonds is 5. The van der Waals surface area contributed by atoms with Gasteiger partial charge in [-0.25, -0.2) is 0 Å². The molecule has 25 heavy (non-hydrogen) atoms. The lowest BCUT2D eigenvalue weighted by molar-refractivity contribution is -0.124. The van der Waals surface area contributed by atoms with Crippen molar-refractivity contribution in [3.63, 3.8) is 0 Å². The van der Waals surface area contributed by atoms with E-state index in [2.05, 4.69) is 10.3 Å². The highest BCUT2D eigenvalue weighted by atomic mass is 16.3. The third-order valence-electron chi connectivity index (χ3n) is 4.36. The number of likely N-dealkylation sites (tertiary alicyclic amines) is 1. The number of hydrogen-bond donors (Lipinski definition) is 2. The number of phenols is 1. The summed E-state index contributed by atoms with van der Waals surface area (Å²) in [4.78, 5) is 30.9. The van der Waals surface area contributed by atoms with Gasteiger partial charge in [0.15, 0.2) is 0 Å². The largest absolute Gasteiger partial charge is 0.507 e. The number of nitrogens with zero attached hydrogens (tertiary/aromatic N) is 2. The van der Waals surface area contributed by atoms with Crippen molar-refractivity contribution in [1.82, 2.24) is 15.2 Å². The van der Waals surface area contributed by atoms with Crippen LogP contribution in [0.2, 0.25) is 0 Å². The van der Waals surface area contributed by atoms with Crippen molar-refractivity contribution >= 4 is 11.8 Å². The molecule has 1 aromatic heterocycles. The third-order valence-corrected chi connectivity index (χ3v) is 4.36. The number of carbonyl (C=O) groups is 2. The molecule has 1 aromatic carbocycles. The highest BCUT2D eigenvalue weighted by Crippen LogP contribution is 2.24. The number of aromatic nitrogens is 1. The fraction of sp³-hybridized carbons (Fsp3) is 0.316. The topological polar surface area (TPSA) is 82.5 Å². The van der Waals surface area contributed by atoms with Crippen LogP contribution >= 0.6 is 0 Å². The Balaban J connectivity index is 1.60. The number of carbonyl (C=O) groups excluding carboxylic acids is 2. The summed E-state index contributed by atoms with van der Waals surface area (Å²) in [6, 6.07) is 11.6. The van der Waals surface area contributed by atoms with Gasteiger partial charge < -0.3 is 15.3 Å². The molecule has 0 radical (unpaired) electrons. The summed E-state index contributed by atoms with van der Waals surface area (Å²) in [5, 5.41) is 12.8. The first-order chi connectivity index (χ1) is 12.2. The van der Waals surface area contributed by atoms with E-state index in [1.807, 2.05) is 18.2 Å². The molecule has 2 aromatic rings. The second-order valence-corrected chi connectivity index (χ2v) is 6.04. The van der Waals surface area contributed by atoms with Crippen LogP contribution in [0, 0.1) is 0 Å². The van der Waals surface area contributed by atoms with Crippen molar-refractivity contribution in [3.8, 4) is 5.75 Å². The molecule has 2 heterocycles. The summed E-state index contributed by atoms with van der Waals surface area (Å²) in [6.07, 6.45) is 3.78. The molecule has 1 fully saturated rings. The number of amides is 2. The van der Waals surface area contributed by atoms with Gasteiger partial charge in [0.25, 0.3) is 5.91 Å². The smallest absolute Gasteiger partial charge is 0.258 e. The number of nitrogens with one attached hydrogen (secondary N) is 1. The number of hydrogen-bond acceptors (Lipinski definition) is 4. The monoisotopic (exact) mass is 339 g/mol. The van der Waals surface area contributed by atoms with Crippen LogP contribution in [0.3, 0.4) is 0 Å². The zero-order valence-corrected chi connectivity index (χ0v) is 13.9. The lowest BCUT2D eigenvalue weighted by atomic mass is 10.1. The maximum atomic E-state index is 12.7. The number of phenolic OH excluding ortho intramolecular Hbond substituents is 1. The molecule has 1 saturated heterocycles. The Labute approximate surface area is 146 Å². The molecule has 2 N–H and O–H groups in total. The molecule has 130 valence electrons. The van der Waals surface area contributed by atoms with Crippen LogP contribution < -0.4 is 5.32 Å². The van der Waals surface area contributed by atoms with Gasteiger partial charge >= 0.3 is 0 Å². The molecular formula is C19H21N3O3. The van der Waals surface area contributed by atoms with Crippen molar-refractivity contribution in [2.24, 2.45) is 0 Å². The highest BCUT2D eigenvalue weighted by Gasteiger charge is 2.35. The van der Waals surface area contributed by atoms with Gasteiger partial charge in [-0.3, -0.25) is 14.6 Å². The number of benzene rings is 1. The Bertz CT molecular complexity index is 749. The summed E-state index contributed by atoms with van der Waals surface area (Å²) in [6.45, 7) is 0.996. The molecule has 1 aliphatic heterocycles. The maximum Gasteiger partial charge on any atom is 0.258 e. The lowest BCUT2D eigenvalue weighted by Gasteiger charge is -2.24. The summed E-state index contributed by atoms with van der Waals surface area (Å²) in [7, 11) is 0. The van der Waals surface area contributed by atoms with Crippen molar-refractivity contribution in [2.75, 3.05) is 13.1 Å². The Hall–Kier alpha value is -2.89. The second-order valence-electron chi connectivity index (χ2n) is 6.04. The van der Waals surface area contributed by atoms with Crippen LogP contribution in [0.15, 0.2) is 48.7 Å². The van der Waals surface area contributed by atoms with E-state index in [1.165, 1.54) is 6.07 Å². The molecular weight excluding hydrogens is 318 g/mol. The quantitative estimate of drug-likeness (QED) is 0.869. The predicted octanol–water partition coefficient (Wildman–Crippen LogP) is 1.75. The Morgan fingerprint density at radius 2 is 2.00 bits per heavy atom. The number of pyridine rings is 1. The Kier molecular flexibility index (Phi) is 5.28. The standard InChI is InChI=1S/C19H21N3O3/c23-17-9-2-1-7-15(17)19(25)22-13-5-8-16(22)18(24)21-12-10-14-6-3-4-11-20-14/h1-4,6-7,9,11,16,23H,5,8,10,12-13H2,(H,21,24). The first kappa shape index (κ1) is 17.0. The number of para-hydroxylation sites is 1. The van der Waals surface area contributed by atoms with E-state index in [-0.39, 0.29) is 23.1 Å².